The number of nitro benzene ring substituents is 1. The minimum atomic E-state index is -0.467. The van der Waals surface area contributed by atoms with E-state index in [-0.39, 0.29) is 17.3 Å². The van der Waals surface area contributed by atoms with Crippen LogP contribution in [0, 0.1) is 21.4 Å². The van der Waals surface area contributed by atoms with Gasteiger partial charge in [0, 0.05) is 18.2 Å². The maximum atomic E-state index is 10.6. The molecule has 6 nitrogen and oxygen atoms in total. The van der Waals surface area contributed by atoms with Gasteiger partial charge in [-0.15, -0.1) is 0 Å². The molecule has 0 spiro atoms. The van der Waals surface area contributed by atoms with E-state index in [1.165, 1.54) is 31.4 Å². The van der Waals surface area contributed by atoms with Gasteiger partial charge in [-0.2, -0.15) is 5.26 Å². The fourth-order valence-corrected chi connectivity index (χ4v) is 2.06. The summed E-state index contributed by atoms with van der Waals surface area (Å²) < 4.78 is 10.8. The largest absolute Gasteiger partial charge is 0.493 e. The van der Waals surface area contributed by atoms with Gasteiger partial charge < -0.3 is 9.47 Å². The zero-order chi connectivity index (χ0) is 16.1. The van der Waals surface area contributed by atoms with Crippen molar-refractivity contribution < 1.29 is 14.4 Å². The highest BCUT2D eigenvalue weighted by Crippen LogP contribution is 2.36. The highest BCUT2D eigenvalue weighted by Gasteiger charge is 2.12. The first kappa shape index (κ1) is 15.6. The lowest BCUT2D eigenvalue weighted by Gasteiger charge is -2.12. The average Bonchev–Trinajstić information content (AvgIpc) is 2.53. The Morgan fingerprint density at radius 2 is 2.00 bits per heavy atom. The minimum absolute atomic E-state index is 0.0118. The van der Waals surface area contributed by atoms with Gasteiger partial charge >= 0.3 is 0 Å². The third-order valence-corrected chi connectivity index (χ3v) is 3.17. The molecule has 0 radical (unpaired) electrons. The van der Waals surface area contributed by atoms with E-state index in [1.54, 1.807) is 12.1 Å². The number of halogens is 1. The van der Waals surface area contributed by atoms with Crippen LogP contribution in [0.3, 0.4) is 0 Å². The maximum absolute atomic E-state index is 10.6. The molecule has 0 unspecified atom stereocenters. The molecule has 2 aromatic carbocycles. The molecule has 0 aliphatic rings. The van der Waals surface area contributed by atoms with E-state index < -0.39 is 4.92 Å². The molecule has 0 amide bonds. The second-order valence-electron chi connectivity index (χ2n) is 4.31. The first-order valence-electron chi connectivity index (χ1n) is 6.19. The number of non-ortho nitro benzene ring substituents is 1. The first-order valence-corrected chi connectivity index (χ1v) is 6.56. The van der Waals surface area contributed by atoms with Crippen LogP contribution >= 0.6 is 11.6 Å². The second kappa shape index (κ2) is 6.78. The third-order valence-electron chi connectivity index (χ3n) is 2.89. The van der Waals surface area contributed by atoms with E-state index in [2.05, 4.69) is 0 Å². The van der Waals surface area contributed by atoms with Crippen LogP contribution in [0.4, 0.5) is 5.69 Å². The second-order valence-corrected chi connectivity index (χ2v) is 4.72. The van der Waals surface area contributed by atoms with Gasteiger partial charge in [0.1, 0.15) is 6.61 Å². The molecule has 22 heavy (non-hydrogen) atoms. The van der Waals surface area contributed by atoms with Gasteiger partial charge in [-0.25, -0.2) is 0 Å². The van der Waals surface area contributed by atoms with Crippen molar-refractivity contribution >= 4 is 17.3 Å². The molecule has 0 aliphatic heterocycles. The average molecular weight is 319 g/mol. The Hall–Kier alpha value is -2.78. The van der Waals surface area contributed by atoms with E-state index in [0.717, 1.165) is 5.56 Å². The van der Waals surface area contributed by atoms with E-state index in [0.29, 0.717) is 17.1 Å². The minimum Gasteiger partial charge on any atom is -0.493 e. The van der Waals surface area contributed by atoms with Crippen molar-refractivity contribution in [3.63, 3.8) is 0 Å². The summed E-state index contributed by atoms with van der Waals surface area (Å²) in [4.78, 5) is 10.1. The van der Waals surface area contributed by atoms with Crippen molar-refractivity contribution in [2.24, 2.45) is 0 Å². The molecule has 0 fully saturated rings. The normalized spacial score (nSPS) is 9.86. The Morgan fingerprint density at radius 3 is 2.55 bits per heavy atom. The number of ether oxygens (including phenoxy) is 2. The molecule has 0 saturated heterocycles. The summed E-state index contributed by atoms with van der Waals surface area (Å²) in [5.41, 5.74) is 1.12. The molecule has 0 saturated carbocycles. The molecule has 112 valence electrons. The van der Waals surface area contributed by atoms with Crippen LogP contribution in [0.1, 0.15) is 11.1 Å². The molecule has 0 aromatic heterocycles. The number of nitriles is 1. The highest BCUT2D eigenvalue weighted by atomic mass is 35.5. The van der Waals surface area contributed by atoms with E-state index in [9.17, 15) is 10.1 Å². The molecule has 2 aromatic rings. The lowest BCUT2D eigenvalue weighted by molar-refractivity contribution is -0.384. The van der Waals surface area contributed by atoms with Crippen molar-refractivity contribution in [3.05, 3.63) is 62.7 Å². The molecule has 2 rings (SSSR count). The Morgan fingerprint density at radius 1 is 1.32 bits per heavy atom. The Labute approximate surface area is 131 Å². The summed E-state index contributed by atoms with van der Waals surface area (Å²) in [6, 6.07) is 11.0. The lowest BCUT2D eigenvalue weighted by Crippen LogP contribution is -1.99. The summed E-state index contributed by atoms with van der Waals surface area (Å²) in [6.07, 6.45) is 0. The van der Waals surface area contributed by atoms with E-state index in [1.807, 2.05) is 6.07 Å². The summed E-state index contributed by atoms with van der Waals surface area (Å²) in [7, 11) is 1.45. The highest BCUT2D eigenvalue weighted by molar-refractivity contribution is 6.32. The number of nitrogens with zero attached hydrogens (tertiary/aromatic N) is 2. The smallest absolute Gasteiger partial charge is 0.269 e. The zero-order valence-corrected chi connectivity index (χ0v) is 12.3. The van der Waals surface area contributed by atoms with Crippen LogP contribution in [0.15, 0.2) is 36.4 Å². The van der Waals surface area contributed by atoms with Crippen LogP contribution in [-0.2, 0) is 6.61 Å². The fourth-order valence-electron chi connectivity index (χ4n) is 1.79. The van der Waals surface area contributed by atoms with E-state index in [4.69, 9.17) is 26.3 Å². The van der Waals surface area contributed by atoms with Gasteiger partial charge in [-0.05, 0) is 23.8 Å². The van der Waals surface area contributed by atoms with Crippen molar-refractivity contribution in [1.29, 1.82) is 5.26 Å². The predicted molar refractivity (Wildman–Crippen MR) is 80.1 cm³/mol. The molecular formula is C15H11ClN2O4. The van der Waals surface area contributed by atoms with Gasteiger partial charge in [-0.1, -0.05) is 11.6 Å². The Kier molecular flexibility index (Phi) is 4.81. The summed E-state index contributed by atoms with van der Waals surface area (Å²) in [5, 5.41) is 19.7. The summed E-state index contributed by atoms with van der Waals surface area (Å²) in [6.45, 7) is 0.167. The number of methoxy groups -OCH3 is 1. The van der Waals surface area contributed by atoms with Gasteiger partial charge in [-0.3, -0.25) is 10.1 Å². The van der Waals surface area contributed by atoms with Crippen molar-refractivity contribution in [1.82, 2.24) is 0 Å². The van der Waals surface area contributed by atoms with Crippen molar-refractivity contribution in [2.75, 3.05) is 7.11 Å². The monoisotopic (exact) mass is 318 g/mol. The number of hydrogen-bond donors (Lipinski definition) is 0. The molecule has 0 atom stereocenters. The van der Waals surface area contributed by atoms with Crippen LogP contribution < -0.4 is 9.47 Å². The topological polar surface area (TPSA) is 85.4 Å². The van der Waals surface area contributed by atoms with Crippen molar-refractivity contribution in [3.8, 4) is 17.6 Å². The Balaban J connectivity index is 2.17. The Bertz CT molecular complexity index is 738. The quantitative estimate of drug-likeness (QED) is 0.619. The van der Waals surface area contributed by atoms with Gasteiger partial charge in [0.05, 0.1) is 28.7 Å². The van der Waals surface area contributed by atoms with Crippen molar-refractivity contribution in [2.45, 2.75) is 6.61 Å². The molecule has 0 heterocycles. The number of hydrogen-bond acceptors (Lipinski definition) is 5. The number of benzene rings is 2. The van der Waals surface area contributed by atoms with Crippen LogP contribution in [0.2, 0.25) is 5.02 Å². The standard InChI is InChI=1S/C15H11ClN2O4/c1-21-14-7-11(8-17)6-13(16)15(14)22-9-10-2-4-12(5-3-10)18(19)20/h2-7H,9H2,1H3. The van der Waals surface area contributed by atoms with Crippen LogP contribution in [0.25, 0.3) is 0 Å². The number of nitro groups is 1. The molecule has 0 aliphatic carbocycles. The summed E-state index contributed by atoms with van der Waals surface area (Å²) in [5.74, 6) is 0.674. The third kappa shape index (κ3) is 3.45. The molecule has 0 N–H and O–H groups in total. The fraction of sp³-hybridized carbons (Fsp3) is 0.133. The SMILES string of the molecule is COc1cc(C#N)cc(Cl)c1OCc1ccc([N+](=O)[O-])cc1. The van der Waals surface area contributed by atoms with Gasteiger partial charge in [0.25, 0.3) is 5.69 Å². The van der Waals surface area contributed by atoms with Gasteiger partial charge in [0.15, 0.2) is 11.5 Å². The van der Waals surface area contributed by atoms with Crippen LogP contribution in [-0.4, -0.2) is 12.0 Å². The molecule has 7 heteroatoms. The molecule has 0 bridgehead atoms. The molecular weight excluding hydrogens is 308 g/mol. The summed E-state index contributed by atoms with van der Waals surface area (Å²) >= 11 is 6.08. The van der Waals surface area contributed by atoms with Gasteiger partial charge in [0.2, 0.25) is 0 Å². The number of rotatable bonds is 5. The van der Waals surface area contributed by atoms with E-state index >= 15 is 0 Å². The maximum Gasteiger partial charge on any atom is 0.269 e. The zero-order valence-electron chi connectivity index (χ0n) is 11.6. The van der Waals surface area contributed by atoms with Crippen LogP contribution in [0.5, 0.6) is 11.5 Å². The predicted octanol–water partition coefficient (Wildman–Crippen LogP) is 3.71. The first-order chi connectivity index (χ1) is 10.5. The lowest BCUT2D eigenvalue weighted by atomic mass is 10.2.